The largest absolute Gasteiger partial charge is 0.315 e. The van der Waals surface area contributed by atoms with Gasteiger partial charge in [-0.1, -0.05) is 18.2 Å². The summed E-state index contributed by atoms with van der Waals surface area (Å²) in [6, 6.07) is 13.5. The van der Waals surface area contributed by atoms with Crippen LogP contribution in [-0.2, 0) is 21.2 Å². The highest BCUT2D eigenvalue weighted by atomic mass is 32.2. The number of carbonyl (C=O) groups excluding carboxylic acids is 1. The van der Waals surface area contributed by atoms with Crippen LogP contribution in [0.3, 0.4) is 0 Å². The molecule has 5 nitrogen and oxygen atoms in total. The van der Waals surface area contributed by atoms with E-state index >= 15 is 0 Å². The van der Waals surface area contributed by atoms with Gasteiger partial charge in [-0.05, 0) is 42.3 Å². The molecule has 114 valence electrons. The number of benzene rings is 2. The van der Waals surface area contributed by atoms with Crippen LogP contribution in [0.25, 0.3) is 0 Å². The molecule has 1 heterocycles. The zero-order valence-corrected chi connectivity index (χ0v) is 12.9. The zero-order valence-electron chi connectivity index (χ0n) is 12.1. The van der Waals surface area contributed by atoms with E-state index in [1.807, 2.05) is 0 Å². The number of hydrogen-bond acceptors (Lipinski definition) is 3. The molecule has 22 heavy (non-hydrogen) atoms. The van der Waals surface area contributed by atoms with E-state index in [-0.39, 0.29) is 10.8 Å². The quantitative estimate of drug-likeness (QED) is 0.945. The van der Waals surface area contributed by atoms with Gasteiger partial charge in [-0.2, -0.15) is 0 Å². The molecule has 0 aliphatic carbocycles. The Balaban J connectivity index is 1.90. The second-order valence-electron chi connectivity index (χ2n) is 5.21. The minimum absolute atomic E-state index is 0.0742. The van der Waals surface area contributed by atoms with E-state index in [4.69, 9.17) is 0 Å². The number of nitrogens with one attached hydrogen (secondary N) is 1. The second-order valence-corrected chi connectivity index (χ2v) is 6.90. The van der Waals surface area contributed by atoms with Gasteiger partial charge in [0, 0.05) is 24.8 Å². The average molecular weight is 316 g/mol. The first kappa shape index (κ1) is 14.6. The molecular weight excluding hydrogens is 300 g/mol. The summed E-state index contributed by atoms with van der Waals surface area (Å²) in [5.41, 5.74) is 2.31. The molecule has 2 aromatic rings. The van der Waals surface area contributed by atoms with Gasteiger partial charge in [-0.15, -0.1) is 0 Å². The summed E-state index contributed by atoms with van der Waals surface area (Å²) < 4.78 is 27.2. The number of anilines is 2. The third-order valence-corrected chi connectivity index (χ3v) is 5.13. The molecule has 0 spiro atoms. The van der Waals surface area contributed by atoms with Crippen LogP contribution < -0.4 is 9.62 Å². The van der Waals surface area contributed by atoms with Gasteiger partial charge in [0.25, 0.3) is 10.0 Å². The fourth-order valence-corrected chi connectivity index (χ4v) is 3.60. The summed E-state index contributed by atoms with van der Waals surface area (Å²) in [6.45, 7) is 0. The average Bonchev–Trinajstić information content (AvgIpc) is 2.52. The molecule has 0 fully saturated rings. The molecule has 0 atom stereocenters. The van der Waals surface area contributed by atoms with Crippen molar-refractivity contribution in [1.29, 1.82) is 0 Å². The SMILES string of the molecule is CN1C(=O)CCc2cc(NS(=O)(=O)c3ccccc3)ccc21. The maximum Gasteiger partial charge on any atom is 0.261 e. The van der Waals surface area contributed by atoms with Crippen LogP contribution in [0.15, 0.2) is 53.4 Å². The number of nitrogens with zero attached hydrogens (tertiary/aromatic N) is 1. The molecule has 1 amide bonds. The molecule has 2 aromatic carbocycles. The van der Waals surface area contributed by atoms with Crippen LogP contribution in [0.2, 0.25) is 0 Å². The zero-order chi connectivity index (χ0) is 15.7. The summed E-state index contributed by atoms with van der Waals surface area (Å²) in [5.74, 6) is 0.0742. The van der Waals surface area contributed by atoms with Crippen molar-refractivity contribution in [3.63, 3.8) is 0 Å². The molecule has 0 radical (unpaired) electrons. The number of sulfonamides is 1. The van der Waals surface area contributed by atoms with Gasteiger partial charge >= 0.3 is 0 Å². The predicted octanol–water partition coefficient (Wildman–Crippen LogP) is 2.40. The summed E-state index contributed by atoms with van der Waals surface area (Å²) in [7, 11) is -1.86. The van der Waals surface area contributed by atoms with Crippen molar-refractivity contribution in [3.8, 4) is 0 Å². The van der Waals surface area contributed by atoms with Crippen molar-refractivity contribution < 1.29 is 13.2 Å². The highest BCUT2D eigenvalue weighted by Crippen LogP contribution is 2.30. The highest BCUT2D eigenvalue weighted by molar-refractivity contribution is 7.92. The van der Waals surface area contributed by atoms with Gasteiger partial charge in [-0.3, -0.25) is 9.52 Å². The lowest BCUT2D eigenvalue weighted by Gasteiger charge is -2.26. The number of aryl methyl sites for hydroxylation is 1. The number of carbonyl (C=O) groups is 1. The maximum atomic E-state index is 12.3. The van der Waals surface area contributed by atoms with Crippen molar-refractivity contribution in [3.05, 3.63) is 54.1 Å². The van der Waals surface area contributed by atoms with E-state index < -0.39 is 10.0 Å². The molecule has 3 rings (SSSR count). The second kappa shape index (κ2) is 5.46. The van der Waals surface area contributed by atoms with Crippen LogP contribution in [0.4, 0.5) is 11.4 Å². The summed E-state index contributed by atoms with van der Waals surface area (Å²) in [5, 5.41) is 0. The van der Waals surface area contributed by atoms with Gasteiger partial charge in [0.05, 0.1) is 4.90 Å². The van der Waals surface area contributed by atoms with Crippen LogP contribution in [0, 0.1) is 0 Å². The summed E-state index contributed by atoms with van der Waals surface area (Å²) >= 11 is 0. The van der Waals surface area contributed by atoms with Crippen molar-refractivity contribution in [2.45, 2.75) is 17.7 Å². The number of rotatable bonds is 3. The highest BCUT2D eigenvalue weighted by Gasteiger charge is 2.21. The van der Waals surface area contributed by atoms with E-state index in [1.54, 1.807) is 60.5 Å². The Morgan fingerprint density at radius 2 is 1.77 bits per heavy atom. The molecule has 1 N–H and O–H groups in total. The third kappa shape index (κ3) is 2.69. The minimum Gasteiger partial charge on any atom is -0.315 e. The van der Waals surface area contributed by atoms with E-state index in [1.165, 1.54) is 0 Å². The Kier molecular flexibility index (Phi) is 3.62. The molecule has 6 heteroatoms. The van der Waals surface area contributed by atoms with E-state index in [9.17, 15) is 13.2 Å². The molecule has 0 unspecified atom stereocenters. The molecular formula is C16H16N2O3S. The number of amides is 1. The van der Waals surface area contributed by atoms with Gasteiger partial charge in [0.2, 0.25) is 5.91 Å². The molecule has 0 bridgehead atoms. The standard InChI is InChI=1S/C16H16N2O3S/c1-18-15-9-8-13(11-12(15)7-10-16(18)19)17-22(20,21)14-5-3-2-4-6-14/h2-6,8-9,11,17H,7,10H2,1H3. The van der Waals surface area contributed by atoms with Crippen molar-refractivity contribution in [2.24, 2.45) is 0 Å². The Morgan fingerprint density at radius 1 is 1.05 bits per heavy atom. The van der Waals surface area contributed by atoms with E-state index in [2.05, 4.69) is 4.72 Å². The van der Waals surface area contributed by atoms with Crippen LogP contribution in [-0.4, -0.2) is 21.4 Å². The van der Waals surface area contributed by atoms with Gasteiger partial charge in [-0.25, -0.2) is 8.42 Å². The lowest BCUT2D eigenvalue weighted by Crippen LogP contribution is -2.31. The minimum atomic E-state index is -3.59. The van der Waals surface area contributed by atoms with Crippen LogP contribution in [0.1, 0.15) is 12.0 Å². The van der Waals surface area contributed by atoms with Gasteiger partial charge in [0.15, 0.2) is 0 Å². The molecule has 1 aliphatic heterocycles. The van der Waals surface area contributed by atoms with Gasteiger partial charge < -0.3 is 4.90 Å². The maximum absolute atomic E-state index is 12.3. The Labute approximate surface area is 129 Å². The summed E-state index contributed by atoms with van der Waals surface area (Å²) in [4.78, 5) is 13.5. The normalized spacial score (nSPS) is 14.6. The third-order valence-electron chi connectivity index (χ3n) is 3.73. The van der Waals surface area contributed by atoms with Crippen molar-refractivity contribution >= 4 is 27.3 Å². The molecule has 1 aliphatic rings. The number of hydrogen-bond donors (Lipinski definition) is 1. The van der Waals surface area contributed by atoms with Crippen LogP contribution >= 0.6 is 0 Å². The molecule has 0 saturated carbocycles. The summed E-state index contributed by atoms with van der Waals surface area (Å²) in [6.07, 6.45) is 1.07. The first-order valence-electron chi connectivity index (χ1n) is 6.95. The van der Waals surface area contributed by atoms with Gasteiger partial charge in [0.1, 0.15) is 0 Å². The van der Waals surface area contributed by atoms with E-state index in [0.29, 0.717) is 18.5 Å². The number of fused-ring (bicyclic) bond motifs is 1. The lowest BCUT2D eigenvalue weighted by atomic mass is 10.0. The monoisotopic (exact) mass is 316 g/mol. The molecule has 0 saturated heterocycles. The smallest absolute Gasteiger partial charge is 0.261 e. The predicted molar refractivity (Wildman–Crippen MR) is 85.4 cm³/mol. The molecule has 0 aromatic heterocycles. The first-order valence-corrected chi connectivity index (χ1v) is 8.43. The van der Waals surface area contributed by atoms with Crippen LogP contribution in [0.5, 0.6) is 0 Å². The first-order chi connectivity index (χ1) is 10.5. The fourth-order valence-electron chi connectivity index (χ4n) is 2.53. The Morgan fingerprint density at radius 3 is 2.50 bits per heavy atom. The lowest BCUT2D eigenvalue weighted by molar-refractivity contribution is -0.118. The van der Waals surface area contributed by atoms with Crippen molar-refractivity contribution in [1.82, 2.24) is 0 Å². The fraction of sp³-hybridized carbons (Fsp3) is 0.188. The topological polar surface area (TPSA) is 66.5 Å². The Hall–Kier alpha value is -2.34. The van der Waals surface area contributed by atoms with Crippen molar-refractivity contribution in [2.75, 3.05) is 16.7 Å². The Bertz CT molecular complexity index is 817. The van der Waals surface area contributed by atoms with E-state index in [0.717, 1.165) is 11.3 Å².